The van der Waals surface area contributed by atoms with E-state index >= 15 is 4.39 Å². The maximum Gasteiger partial charge on any atom is 0.339 e. The first kappa shape index (κ1) is 25.4. The Bertz CT molecular complexity index is 1200. The molecular weight excluding hydrogens is 505 g/mol. The van der Waals surface area contributed by atoms with Gasteiger partial charge in [0.15, 0.2) is 0 Å². The highest BCUT2D eigenvalue weighted by Crippen LogP contribution is 2.29. The Balaban J connectivity index is 1.96. The van der Waals surface area contributed by atoms with Crippen LogP contribution in [0.25, 0.3) is 11.1 Å². The Morgan fingerprint density at radius 2 is 2.00 bits per heavy atom. The van der Waals surface area contributed by atoms with Gasteiger partial charge in [-0.3, -0.25) is 4.57 Å². The Kier molecular flexibility index (Phi) is 8.09. The lowest BCUT2D eigenvalue weighted by Crippen LogP contribution is -2.24. The Hall–Kier alpha value is -3.20. The van der Waals surface area contributed by atoms with Crippen LogP contribution >= 0.6 is 15.9 Å². The molecule has 2 aromatic carbocycles. The third kappa shape index (κ3) is 6.02. The lowest BCUT2D eigenvalue weighted by molar-refractivity contribution is 0.00704. The first-order valence-corrected chi connectivity index (χ1v) is 11.6. The number of imidazole rings is 1. The molecule has 0 atom stereocenters. The average Bonchev–Trinajstić information content (AvgIpc) is 3.07. The molecular formula is C25H27BrFN3O4. The third-order valence-corrected chi connectivity index (χ3v) is 5.36. The summed E-state index contributed by atoms with van der Waals surface area (Å²) in [5, 5.41) is 12.1. The fourth-order valence-corrected chi connectivity index (χ4v) is 3.78. The maximum atomic E-state index is 15.2. The number of halogens is 2. The molecule has 0 bridgehead atoms. The molecule has 0 spiro atoms. The fraction of sp³-hybridized carbons (Fsp3) is 0.320. The second-order valence-corrected chi connectivity index (χ2v) is 9.35. The second-order valence-electron chi connectivity index (χ2n) is 8.60. The monoisotopic (exact) mass is 531 g/mol. The van der Waals surface area contributed by atoms with Gasteiger partial charge < -0.3 is 14.7 Å². The zero-order chi connectivity index (χ0) is 24.9. The maximum absolute atomic E-state index is 15.2. The molecule has 0 aliphatic rings. The lowest BCUT2D eigenvalue weighted by atomic mass is 9.98. The molecule has 0 amide bonds. The van der Waals surface area contributed by atoms with Crippen LogP contribution < -0.4 is 4.74 Å². The number of hydrogen-bond acceptors (Lipinski definition) is 6. The van der Waals surface area contributed by atoms with Crippen LogP contribution in [0.4, 0.5) is 4.39 Å². The number of carbonyl (C=O) groups excluding carboxylic acids is 1. The van der Waals surface area contributed by atoms with Gasteiger partial charge in [-0.15, -0.1) is 0 Å². The average molecular weight is 532 g/mol. The quantitative estimate of drug-likeness (QED) is 0.165. The van der Waals surface area contributed by atoms with Gasteiger partial charge in [0.05, 0.1) is 24.9 Å². The first-order chi connectivity index (χ1) is 16.1. The number of hydrogen-bond donors (Lipinski definition) is 1. The highest BCUT2D eigenvalue weighted by molar-refractivity contribution is 9.10. The van der Waals surface area contributed by atoms with E-state index in [2.05, 4.69) is 26.1 Å². The molecule has 3 aromatic rings. The number of ether oxygens (including phenoxy) is 2. The van der Waals surface area contributed by atoms with Crippen LogP contribution in [0.2, 0.25) is 0 Å². The number of rotatable bonds is 8. The van der Waals surface area contributed by atoms with Crippen LogP contribution in [0, 0.1) is 5.82 Å². The number of carbonyl (C=O) groups is 1. The van der Waals surface area contributed by atoms with Crippen LogP contribution in [0.3, 0.4) is 0 Å². The number of esters is 1. The van der Waals surface area contributed by atoms with Gasteiger partial charge in [0.1, 0.15) is 21.7 Å². The largest absolute Gasteiger partial charge is 0.465 e. The molecule has 0 saturated carbocycles. The van der Waals surface area contributed by atoms with E-state index in [9.17, 15) is 4.79 Å². The second kappa shape index (κ2) is 10.8. The Morgan fingerprint density at radius 1 is 1.26 bits per heavy atom. The molecule has 180 valence electrons. The minimum atomic E-state index is -0.647. The molecule has 0 aliphatic carbocycles. The summed E-state index contributed by atoms with van der Waals surface area (Å²) in [5.74, 6) is -0.934. The summed E-state index contributed by atoms with van der Waals surface area (Å²) in [5.41, 5.74) is 1.65. The minimum absolute atomic E-state index is 0.0961. The van der Waals surface area contributed by atoms with Crippen molar-refractivity contribution in [2.45, 2.75) is 46.3 Å². The zero-order valence-corrected chi connectivity index (χ0v) is 21.1. The van der Waals surface area contributed by atoms with Crippen molar-refractivity contribution < 1.29 is 23.9 Å². The SMILES string of the molecule is CCCOc1nc(Br)c(C=NO)n1Cc1ccc(-c2ccccc2C(=O)OC(C)(C)C)cc1F. The Morgan fingerprint density at radius 3 is 2.65 bits per heavy atom. The molecule has 3 rings (SSSR count). The topological polar surface area (TPSA) is 85.9 Å². The number of oxime groups is 1. The summed E-state index contributed by atoms with van der Waals surface area (Å²) in [6.45, 7) is 7.88. The predicted octanol–water partition coefficient (Wildman–Crippen LogP) is 6.05. The van der Waals surface area contributed by atoms with Crippen molar-refractivity contribution >= 4 is 28.1 Å². The van der Waals surface area contributed by atoms with Crippen molar-refractivity contribution in [3.8, 4) is 17.1 Å². The summed E-state index contributed by atoms with van der Waals surface area (Å²) in [6.07, 6.45) is 1.98. The van der Waals surface area contributed by atoms with E-state index in [-0.39, 0.29) is 12.6 Å². The van der Waals surface area contributed by atoms with Gasteiger partial charge in [-0.2, -0.15) is 4.98 Å². The van der Waals surface area contributed by atoms with Crippen molar-refractivity contribution in [1.29, 1.82) is 0 Å². The molecule has 1 heterocycles. The molecule has 0 aliphatic heterocycles. The van der Waals surface area contributed by atoms with Crippen molar-refractivity contribution in [3.05, 3.63) is 69.7 Å². The molecule has 1 aromatic heterocycles. The van der Waals surface area contributed by atoms with Crippen LogP contribution in [0.5, 0.6) is 6.01 Å². The van der Waals surface area contributed by atoms with Crippen molar-refractivity contribution in [3.63, 3.8) is 0 Å². The van der Waals surface area contributed by atoms with E-state index in [1.807, 2.05) is 6.92 Å². The number of nitrogens with zero attached hydrogens (tertiary/aromatic N) is 3. The molecule has 0 saturated heterocycles. The summed E-state index contributed by atoms with van der Waals surface area (Å²) in [4.78, 5) is 17.0. The van der Waals surface area contributed by atoms with E-state index in [1.54, 1.807) is 61.7 Å². The van der Waals surface area contributed by atoms with Crippen molar-refractivity contribution in [1.82, 2.24) is 9.55 Å². The van der Waals surface area contributed by atoms with Gasteiger partial charge in [0.2, 0.25) is 0 Å². The van der Waals surface area contributed by atoms with E-state index < -0.39 is 17.4 Å². The Labute approximate surface area is 206 Å². The van der Waals surface area contributed by atoms with E-state index in [1.165, 1.54) is 12.3 Å². The van der Waals surface area contributed by atoms with Gasteiger partial charge in [-0.1, -0.05) is 42.4 Å². The van der Waals surface area contributed by atoms with E-state index in [0.717, 1.165) is 6.42 Å². The summed E-state index contributed by atoms with van der Waals surface area (Å²) in [6, 6.07) is 12.0. The number of aromatic nitrogens is 2. The minimum Gasteiger partial charge on any atom is -0.465 e. The van der Waals surface area contributed by atoms with Gasteiger partial charge >= 0.3 is 5.97 Å². The molecule has 0 fully saturated rings. The van der Waals surface area contributed by atoms with E-state index in [4.69, 9.17) is 14.7 Å². The molecule has 7 nitrogen and oxygen atoms in total. The van der Waals surface area contributed by atoms with Crippen molar-refractivity contribution in [2.75, 3.05) is 6.61 Å². The smallest absolute Gasteiger partial charge is 0.339 e. The van der Waals surface area contributed by atoms with Crippen LogP contribution in [0.1, 0.15) is 55.7 Å². The fourth-order valence-electron chi connectivity index (χ4n) is 3.31. The molecule has 0 radical (unpaired) electrons. The molecule has 9 heteroatoms. The van der Waals surface area contributed by atoms with Crippen LogP contribution in [-0.2, 0) is 11.3 Å². The number of benzene rings is 2. The normalized spacial score (nSPS) is 11.7. The van der Waals surface area contributed by atoms with Crippen molar-refractivity contribution in [2.24, 2.45) is 5.16 Å². The highest BCUT2D eigenvalue weighted by Gasteiger charge is 2.22. The highest BCUT2D eigenvalue weighted by atomic mass is 79.9. The van der Waals surface area contributed by atoms with Gasteiger partial charge in [0.25, 0.3) is 6.01 Å². The summed E-state index contributed by atoms with van der Waals surface area (Å²) in [7, 11) is 0. The van der Waals surface area contributed by atoms with Gasteiger partial charge in [-0.05, 0) is 66.4 Å². The van der Waals surface area contributed by atoms with Gasteiger partial charge in [0, 0.05) is 5.56 Å². The van der Waals surface area contributed by atoms with E-state index in [0.29, 0.717) is 39.2 Å². The third-order valence-electron chi connectivity index (χ3n) is 4.78. The summed E-state index contributed by atoms with van der Waals surface area (Å²) >= 11 is 3.33. The summed E-state index contributed by atoms with van der Waals surface area (Å²) < 4.78 is 28.5. The predicted molar refractivity (Wildman–Crippen MR) is 131 cm³/mol. The lowest BCUT2D eigenvalue weighted by Gasteiger charge is -2.20. The standard InChI is InChI=1S/C25H27BrFN3O4/c1-5-12-33-24-29-22(26)21(14-28-32)30(24)15-17-11-10-16(13-20(17)27)18-8-6-7-9-19(18)23(31)34-25(2,3)4/h6-11,13-14,32H,5,12,15H2,1-4H3. The zero-order valence-electron chi connectivity index (χ0n) is 19.5. The molecule has 1 N–H and O–H groups in total. The molecule has 34 heavy (non-hydrogen) atoms. The molecule has 0 unspecified atom stereocenters. The van der Waals surface area contributed by atoms with Crippen LogP contribution in [0.15, 0.2) is 52.2 Å². The van der Waals surface area contributed by atoms with Gasteiger partial charge in [-0.25, -0.2) is 9.18 Å². The first-order valence-electron chi connectivity index (χ1n) is 10.8. The van der Waals surface area contributed by atoms with Crippen LogP contribution in [-0.4, -0.2) is 39.2 Å².